The Morgan fingerprint density at radius 1 is 1.20 bits per heavy atom. The molecule has 41 heavy (non-hydrogen) atoms. The SMILES string of the molecule is Cc1[nH]ncc1Nc1nccc(-c2ccc3c(c2)CN([C@H]2CCOC2)CC[C@@H]3NC(=O)c2nnc(C(C)(C)C)s2)n1. The zero-order valence-electron chi connectivity index (χ0n) is 23.8. The summed E-state index contributed by atoms with van der Waals surface area (Å²) < 4.78 is 5.72. The molecule has 3 N–H and O–H groups in total. The molecule has 214 valence electrons. The molecule has 1 aromatic carbocycles. The van der Waals surface area contributed by atoms with Gasteiger partial charge in [0, 0.05) is 42.9 Å². The Morgan fingerprint density at radius 2 is 2.07 bits per heavy atom. The zero-order valence-corrected chi connectivity index (χ0v) is 24.6. The molecule has 6 rings (SSSR count). The van der Waals surface area contributed by atoms with Gasteiger partial charge >= 0.3 is 0 Å². The number of nitrogens with zero attached hydrogens (tertiary/aromatic N) is 6. The van der Waals surface area contributed by atoms with Gasteiger partial charge in [-0.3, -0.25) is 14.8 Å². The average molecular weight is 574 g/mol. The number of nitrogens with one attached hydrogen (secondary N) is 3. The number of anilines is 2. The van der Waals surface area contributed by atoms with Crippen LogP contribution in [0, 0.1) is 6.92 Å². The first kappa shape index (κ1) is 27.4. The van der Waals surface area contributed by atoms with Gasteiger partial charge in [-0.2, -0.15) is 5.10 Å². The van der Waals surface area contributed by atoms with Crippen LogP contribution >= 0.6 is 11.3 Å². The molecule has 1 fully saturated rings. The van der Waals surface area contributed by atoms with E-state index in [1.807, 2.05) is 13.0 Å². The van der Waals surface area contributed by atoms with E-state index in [0.717, 1.165) is 72.4 Å². The summed E-state index contributed by atoms with van der Waals surface area (Å²) in [4.78, 5) is 25.0. The maximum Gasteiger partial charge on any atom is 0.282 e. The van der Waals surface area contributed by atoms with E-state index in [2.05, 4.69) is 79.9 Å². The van der Waals surface area contributed by atoms with Crippen LogP contribution in [0.25, 0.3) is 11.3 Å². The predicted octanol–water partition coefficient (Wildman–Crippen LogP) is 4.53. The third-order valence-electron chi connectivity index (χ3n) is 7.61. The molecule has 0 spiro atoms. The van der Waals surface area contributed by atoms with Gasteiger partial charge in [-0.05, 0) is 43.0 Å². The summed E-state index contributed by atoms with van der Waals surface area (Å²) in [5.41, 5.74) is 5.69. The van der Waals surface area contributed by atoms with E-state index < -0.39 is 0 Å². The number of rotatable bonds is 6. The largest absolute Gasteiger partial charge is 0.380 e. The van der Waals surface area contributed by atoms with Crippen molar-refractivity contribution in [1.82, 2.24) is 40.6 Å². The van der Waals surface area contributed by atoms with E-state index >= 15 is 0 Å². The molecule has 0 saturated carbocycles. The summed E-state index contributed by atoms with van der Waals surface area (Å²) in [6.07, 6.45) is 5.28. The van der Waals surface area contributed by atoms with Crippen molar-refractivity contribution in [2.75, 3.05) is 25.1 Å². The van der Waals surface area contributed by atoms with Crippen molar-refractivity contribution in [1.29, 1.82) is 0 Å². The zero-order chi connectivity index (χ0) is 28.6. The third kappa shape index (κ3) is 5.99. The molecule has 3 aromatic heterocycles. The molecule has 0 radical (unpaired) electrons. The number of carbonyl (C=O) groups excluding carboxylic acids is 1. The summed E-state index contributed by atoms with van der Waals surface area (Å²) in [5.74, 6) is 0.320. The van der Waals surface area contributed by atoms with E-state index in [1.54, 1.807) is 12.4 Å². The molecule has 4 aromatic rings. The monoisotopic (exact) mass is 573 g/mol. The number of hydrogen-bond donors (Lipinski definition) is 3. The fourth-order valence-corrected chi connectivity index (χ4v) is 6.08. The van der Waals surface area contributed by atoms with E-state index in [1.165, 1.54) is 16.9 Å². The second kappa shape index (κ2) is 11.3. The van der Waals surface area contributed by atoms with Gasteiger partial charge < -0.3 is 15.4 Å². The molecule has 0 aliphatic carbocycles. The van der Waals surface area contributed by atoms with Crippen molar-refractivity contribution < 1.29 is 9.53 Å². The van der Waals surface area contributed by atoms with Crippen molar-refractivity contribution >= 4 is 28.9 Å². The second-order valence-corrected chi connectivity index (χ2v) is 12.7. The van der Waals surface area contributed by atoms with Gasteiger partial charge in [0.05, 0.1) is 35.9 Å². The van der Waals surface area contributed by atoms with Crippen molar-refractivity contribution in [3.8, 4) is 11.3 Å². The highest BCUT2D eigenvalue weighted by Gasteiger charge is 2.31. The van der Waals surface area contributed by atoms with Crippen LogP contribution in [-0.4, -0.2) is 67.0 Å². The van der Waals surface area contributed by atoms with Gasteiger partial charge in [-0.25, -0.2) is 9.97 Å². The van der Waals surface area contributed by atoms with Crippen molar-refractivity contribution in [2.24, 2.45) is 0 Å². The fraction of sp³-hybridized carbons (Fsp3) is 0.448. The molecule has 1 saturated heterocycles. The lowest BCUT2D eigenvalue weighted by molar-refractivity contribution is 0.0928. The Balaban J connectivity index is 1.29. The van der Waals surface area contributed by atoms with Crippen molar-refractivity contribution in [3.63, 3.8) is 0 Å². The first-order valence-electron chi connectivity index (χ1n) is 13.9. The van der Waals surface area contributed by atoms with Crippen LogP contribution in [0.5, 0.6) is 0 Å². The van der Waals surface area contributed by atoms with Gasteiger partial charge in [-0.1, -0.05) is 44.2 Å². The number of carbonyl (C=O) groups is 1. The quantitative estimate of drug-likeness (QED) is 0.304. The molecular weight excluding hydrogens is 538 g/mol. The van der Waals surface area contributed by atoms with Crippen LogP contribution in [0.4, 0.5) is 11.6 Å². The molecule has 0 bridgehead atoms. The normalized spacial score (nSPS) is 19.5. The van der Waals surface area contributed by atoms with E-state index in [0.29, 0.717) is 17.0 Å². The van der Waals surface area contributed by atoms with Crippen molar-refractivity contribution in [3.05, 3.63) is 63.5 Å². The topological polar surface area (TPSA) is 134 Å². The number of aromatic nitrogens is 6. The van der Waals surface area contributed by atoms with E-state index in [4.69, 9.17) is 9.72 Å². The minimum atomic E-state index is -0.184. The van der Waals surface area contributed by atoms with Crippen molar-refractivity contribution in [2.45, 2.75) is 64.6 Å². The number of benzene rings is 1. The molecule has 5 heterocycles. The molecule has 2 aliphatic rings. The molecule has 0 unspecified atom stereocenters. The smallest absolute Gasteiger partial charge is 0.282 e. The minimum Gasteiger partial charge on any atom is -0.380 e. The number of hydrogen-bond acceptors (Lipinski definition) is 10. The lowest BCUT2D eigenvalue weighted by atomic mass is 9.96. The second-order valence-electron chi connectivity index (χ2n) is 11.7. The summed E-state index contributed by atoms with van der Waals surface area (Å²) in [6, 6.07) is 8.53. The number of fused-ring (bicyclic) bond motifs is 1. The fourth-order valence-electron chi connectivity index (χ4n) is 5.28. The number of aromatic amines is 1. The number of amides is 1. The highest BCUT2D eigenvalue weighted by Crippen LogP contribution is 2.33. The molecule has 2 aliphatic heterocycles. The molecule has 12 heteroatoms. The Kier molecular flexibility index (Phi) is 7.54. The maximum atomic E-state index is 13.3. The summed E-state index contributed by atoms with van der Waals surface area (Å²) in [7, 11) is 0. The lowest BCUT2D eigenvalue weighted by Crippen LogP contribution is -2.36. The van der Waals surface area contributed by atoms with Crippen LogP contribution in [0.15, 0.2) is 36.7 Å². The maximum absolute atomic E-state index is 13.3. The van der Waals surface area contributed by atoms with Gasteiger partial charge in [0.15, 0.2) is 0 Å². The highest BCUT2D eigenvalue weighted by molar-refractivity contribution is 7.13. The van der Waals surface area contributed by atoms with E-state index in [9.17, 15) is 4.79 Å². The standard InChI is InChI=1S/C29H35N9O2S/c1-17-24(14-31-35-17)34-28-30-10-7-22(33-28)18-5-6-21-19(13-18)15-38(20-9-12-40-16-20)11-8-23(21)32-25(39)26-36-37-27(41-26)29(2,3)4/h5-7,10,13-14,20,23H,8-9,11-12,15-16H2,1-4H3,(H,31,35)(H,32,39)(H,30,33,34)/t20-,23-/m0/s1. The van der Waals surface area contributed by atoms with Crippen LogP contribution in [-0.2, 0) is 16.7 Å². The van der Waals surface area contributed by atoms with Gasteiger partial charge in [0.1, 0.15) is 5.01 Å². The first-order valence-corrected chi connectivity index (χ1v) is 14.8. The van der Waals surface area contributed by atoms with Gasteiger partial charge in [-0.15, -0.1) is 10.2 Å². The first-order chi connectivity index (χ1) is 19.7. The molecular formula is C29H35N9O2S. The summed E-state index contributed by atoms with van der Waals surface area (Å²) in [5, 5.41) is 23.2. The molecule has 11 nitrogen and oxygen atoms in total. The van der Waals surface area contributed by atoms with Crippen LogP contribution in [0.3, 0.4) is 0 Å². The van der Waals surface area contributed by atoms with Gasteiger partial charge in [0.25, 0.3) is 5.91 Å². The Labute approximate surface area is 243 Å². The number of aryl methyl sites for hydroxylation is 1. The third-order valence-corrected chi connectivity index (χ3v) is 8.96. The Morgan fingerprint density at radius 3 is 2.80 bits per heavy atom. The lowest BCUT2D eigenvalue weighted by Gasteiger charge is -2.26. The summed E-state index contributed by atoms with van der Waals surface area (Å²) in [6.45, 7) is 11.3. The number of H-pyrrole nitrogens is 1. The Hall–Kier alpha value is -3.74. The van der Waals surface area contributed by atoms with Crippen LogP contribution in [0.1, 0.15) is 71.3 Å². The highest BCUT2D eigenvalue weighted by atomic mass is 32.1. The average Bonchev–Trinajstić information content (AvgIpc) is 3.72. The Bertz CT molecular complexity index is 1540. The molecule has 2 atom stereocenters. The minimum absolute atomic E-state index is 0.146. The molecule has 1 amide bonds. The van der Waals surface area contributed by atoms with Crippen LogP contribution < -0.4 is 10.6 Å². The summed E-state index contributed by atoms with van der Waals surface area (Å²) >= 11 is 1.36. The number of ether oxygens (including phenoxy) is 1. The van der Waals surface area contributed by atoms with Gasteiger partial charge in [0.2, 0.25) is 11.0 Å². The predicted molar refractivity (Wildman–Crippen MR) is 157 cm³/mol. The van der Waals surface area contributed by atoms with Crippen LogP contribution in [0.2, 0.25) is 0 Å². The van der Waals surface area contributed by atoms with E-state index in [-0.39, 0.29) is 17.4 Å².